The van der Waals surface area contributed by atoms with Crippen LogP contribution < -0.4 is 4.74 Å². The molecule has 1 spiro atoms. The monoisotopic (exact) mass is 453 g/mol. The van der Waals surface area contributed by atoms with Crippen LogP contribution in [0.2, 0.25) is 0 Å². The van der Waals surface area contributed by atoms with Crippen LogP contribution in [0.5, 0.6) is 5.75 Å². The Morgan fingerprint density at radius 2 is 2.12 bits per heavy atom. The predicted octanol–water partition coefficient (Wildman–Crippen LogP) is 3.35. The number of hydrogen-bond acceptors (Lipinski definition) is 5. The third-order valence-electron chi connectivity index (χ3n) is 7.64. The summed E-state index contributed by atoms with van der Waals surface area (Å²) in [5, 5.41) is 13.6. The van der Waals surface area contributed by atoms with Crippen molar-refractivity contribution in [2.45, 2.75) is 69.7 Å². The molecular formula is C25H31N3O5. The number of aryl methyl sites for hydroxylation is 1. The Morgan fingerprint density at radius 1 is 1.30 bits per heavy atom. The standard InChI is InChI=1S/C25H31N3O5/c1-17-13-26-27(14-17)15-21(29)28-11-5-9-25(28)12-19-23(32-16-25)18-6-3-4-7-20(18)33-24(19,2)10-8-22(30)31/h3-4,6-7,13-14,19,23H,5,8-12,15-16H2,1-2H3,(H,30,31)/t19-,23+,24+,25+/m1/s1. The Morgan fingerprint density at radius 3 is 2.88 bits per heavy atom. The number of amides is 1. The van der Waals surface area contributed by atoms with E-state index in [1.54, 1.807) is 10.9 Å². The molecule has 4 atom stereocenters. The molecule has 0 radical (unpaired) electrons. The number of benzene rings is 1. The summed E-state index contributed by atoms with van der Waals surface area (Å²) < 4.78 is 14.7. The van der Waals surface area contributed by atoms with E-state index in [0.717, 1.165) is 36.1 Å². The molecule has 1 amide bonds. The van der Waals surface area contributed by atoms with Crippen LogP contribution in [0.3, 0.4) is 0 Å². The zero-order valence-corrected chi connectivity index (χ0v) is 19.2. The number of hydrogen-bond donors (Lipinski definition) is 1. The Kier molecular flexibility index (Phi) is 5.43. The predicted molar refractivity (Wildman–Crippen MR) is 120 cm³/mol. The molecule has 0 bridgehead atoms. The second-order valence-corrected chi connectivity index (χ2v) is 9.98. The number of aliphatic carboxylic acids is 1. The van der Waals surface area contributed by atoms with Gasteiger partial charge in [-0.2, -0.15) is 5.10 Å². The van der Waals surface area contributed by atoms with Gasteiger partial charge in [-0.3, -0.25) is 14.3 Å². The van der Waals surface area contributed by atoms with E-state index in [9.17, 15) is 14.7 Å². The first-order valence-electron chi connectivity index (χ1n) is 11.7. The highest BCUT2D eigenvalue weighted by atomic mass is 16.5. The highest BCUT2D eigenvalue weighted by Gasteiger charge is 2.57. The number of likely N-dealkylation sites (tertiary alicyclic amines) is 1. The van der Waals surface area contributed by atoms with E-state index >= 15 is 0 Å². The number of fused-ring (bicyclic) bond motifs is 3. The summed E-state index contributed by atoms with van der Waals surface area (Å²) in [6.07, 6.45) is 6.39. The topological polar surface area (TPSA) is 93.9 Å². The summed E-state index contributed by atoms with van der Waals surface area (Å²) in [4.78, 5) is 26.7. The average Bonchev–Trinajstić information content (AvgIpc) is 3.38. The van der Waals surface area contributed by atoms with Gasteiger partial charge in [0, 0.05) is 30.6 Å². The molecule has 5 rings (SSSR count). The van der Waals surface area contributed by atoms with Crippen LogP contribution in [-0.2, 0) is 20.9 Å². The van der Waals surface area contributed by atoms with Crippen molar-refractivity contribution < 1.29 is 24.2 Å². The van der Waals surface area contributed by atoms with Crippen LogP contribution in [-0.4, -0.2) is 56.0 Å². The number of aromatic nitrogens is 2. The summed E-state index contributed by atoms with van der Waals surface area (Å²) in [5.41, 5.74) is 0.935. The second kappa shape index (κ2) is 8.17. The van der Waals surface area contributed by atoms with Crippen molar-refractivity contribution in [3.05, 3.63) is 47.8 Å². The Balaban J connectivity index is 1.44. The molecule has 2 fully saturated rings. The molecule has 176 valence electrons. The van der Waals surface area contributed by atoms with Crippen molar-refractivity contribution in [2.24, 2.45) is 5.92 Å². The molecular weight excluding hydrogens is 422 g/mol. The van der Waals surface area contributed by atoms with E-state index in [4.69, 9.17) is 9.47 Å². The van der Waals surface area contributed by atoms with E-state index in [1.165, 1.54) is 0 Å². The molecule has 1 aromatic carbocycles. The minimum Gasteiger partial charge on any atom is -0.487 e. The molecule has 4 heterocycles. The van der Waals surface area contributed by atoms with Gasteiger partial charge in [0.05, 0.1) is 24.4 Å². The largest absolute Gasteiger partial charge is 0.487 e. The lowest BCUT2D eigenvalue weighted by atomic mass is 9.68. The highest BCUT2D eigenvalue weighted by Crippen LogP contribution is 2.55. The van der Waals surface area contributed by atoms with E-state index < -0.39 is 17.1 Å². The van der Waals surface area contributed by atoms with Crippen molar-refractivity contribution in [2.75, 3.05) is 13.2 Å². The third kappa shape index (κ3) is 3.90. The number of nitrogens with zero attached hydrogens (tertiary/aromatic N) is 3. The summed E-state index contributed by atoms with van der Waals surface area (Å²) in [6.45, 7) is 5.34. The second-order valence-electron chi connectivity index (χ2n) is 9.98. The van der Waals surface area contributed by atoms with Crippen LogP contribution in [0.15, 0.2) is 36.7 Å². The zero-order chi connectivity index (χ0) is 23.2. The molecule has 8 heteroatoms. The fourth-order valence-corrected chi connectivity index (χ4v) is 5.97. The summed E-state index contributed by atoms with van der Waals surface area (Å²) in [5.74, 6) is -0.0901. The maximum atomic E-state index is 13.3. The summed E-state index contributed by atoms with van der Waals surface area (Å²) in [7, 11) is 0. The normalized spacial score (nSPS) is 30.5. The molecule has 1 aromatic heterocycles. The molecule has 3 aliphatic rings. The SMILES string of the molecule is Cc1cnn(CC(=O)N2CCC[C@]23CO[C@H]2c4ccccc4O[C@@](C)(CCC(=O)O)[C@@H]2C3)c1. The lowest BCUT2D eigenvalue weighted by Crippen LogP contribution is -2.60. The van der Waals surface area contributed by atoms with Crippen molar-refractivity contribution in [1.29, 1.82) is 0 Å². The van der Waals surface area contributed by atoms with Gasteiger partial charge in [0.2, 0.25) is 5.91 Å². The molecule has 33 heavy (non-hydrogen) atoms. The van der Waals surface area contributed by atoms with Crippen LogP contribution in [0, 0.1) is 12.8 Å². The first kappa shape index (κ1) is 21.9. The van der Waals surface area contributed by atoms with Gasteiger partial charge in [0.15, 0.2) is 0 Å². The number of para-hydroxylation sites is 1. The van der Waals surface area contributed by atoms with Gasteiger partial charge in [-0.25, -0.2) is 0 Å². The summed E-state index contributed by atoms with van der Waals surface area (Å²) >= 11 is 0. The van der Waals surface area contributed by atoms with Gasteiger partial charge in [0.1, 0.15) is 17.9 Å². The Hall–Kier alpha value is -2.87. The number of carbonyl (C=O) groups excluding carboxylic acids is 1. The zero-order valence-electron chi connectivity index (χ0n) is 19.2. The van der Waals surface area contributed by atoms with Crippen LogP contribution in [0.25, 0.3) is 0 Å². The van der Waals surface area contributed by atoms with Crippen molar-refractivity contribution in [3.8, 4) is 5.75 Å². The maximum Gasteiger partial charge on any atom is 0.303 e. The van der Waals surface area contributed by atoms with Crippen molar-refractivity contribution >= 4 is 11.9 Å². The Labute approximate surface area is 193 Å². The molecule has 3 aliphatic heterocycles. The number of rotatable bonds is 5. The van der Waals surface area contributed by atoms with E-state index in [2.05, 4.69) is 5.10 Å². The molecule has 2 aromatic rings. The number of carbonyl (C=O) groups is 2. The molecule has 0 saturated carbocycles. The lowest BCUT2D eigenvalue weighted by Gasteiger charge is -2.54. The fourth-order valence-electron chi connectivity index (χ4n) is 5.97. The minimum atomic E-state index is -0.839. The first-order chi connectivity index (χ1) is 15.8. The van der Waals surface area contributed by atoms with Gasteiger partial charge < -0.3 is 19.5 Å². The van der Waals surface area contributed by atoms with Crippen LogP contribution in [0.4, 0.5) is 0 Å². The quantitative estimate of drug-likeness (QED) is 0.746. The number of carboxylic acid groups (broad SMARTS) is 1. The van der Waals surface area contributed by atoms with Gasteiger partial charge in [0.25, 0.3) is 0 Å². The fraction of sp³-hybridized carbons (Fsp3) is 0.560. The highest BCUT2D eigenvalue weighted by molar-refractivity contribution is 5.77. The lowest BCUT2D eigenvalue weighted by molar-refractivity contribution is -0.180. The van der Waals surface area contributed by atoms with E-state index in [1.807, 2.05) is 49.2 Å². The third-order valence-corrected chi connectivity index (χ3v) is 7.64. The van der Waals surface area contributed by atoms with Gasteiger partial charge >= 0.3 is 5.97 Å². The number of ether oxygens (including phenoxy) is 2. The van der Waals surface area contributed by atoms with E-state index in [-0.39, 0.29) is 30.9 Å². The van der Waals surface area contributed by atoms with Gasteiger partial charge in [-0.15, -0.1) is 0 Å². The Bertz CT molecular complexity index is 1070. The molecule has 2 saturated heterocycles. The summed E-state index contributed by atoms with van der Waals surface area (Å²) in [6, 6.07) is 7.86. The minimum absolute atomic E-state index is 0.0240. The maximum absolute atomic E-state index is 13.3. The smallest absolute Gasteiger partial charge is 0.303 e. The molecule has 1 N–H and O–H groups in total. The van der Waals surface area contributed by atoms with Crippen LogP contribution >= 0.6 is 0 Å². The first-order valence-corrected chi connectivity index (χ1v) is 11.7. The molecule has 0 unspecified atom stereocenters. The molecule has 8 nitrogen and oxygen atoms in total. The van der Waals surface area contributed by atoms with Crippen LogP contribution in [0.1, 0.15) is 56.3 Å². The van der Waals surface area contributed by atoms with Gasteiger partial charge in [-0.05, 0) is 51.2 Å². The number of carboxylic acids is 1. The van der Waals surface area contributed by atoms with E-state index in [0.29, 0.717) is 19.6 Å². The molecule has 0 aliphatic carbocycles. The average molecular weight is 454 g/mol. The van der Waals surface area contributed by atoms with Gasteiger partial charge in [-0.1, -0.05) is 18.2 Å². The van der Waals surface area contributed by atoms with Crippen molar-refractivity contribution in [1.82, 2.24) is 14.7 Å². The van der Waals surface area contributed by atoms with Crippen molar-refractivity contribution in [3.63, 3.8) is 0 Å².